The monoisotopic (exact) mass is 275 g/mol. The molecule has 4 rings (SSSR count). The van der Waals surface area contributed by atoms with Crippen molar-refractivity contribution >= 4 is 11.5 Å². The molecule has 0 radical (unpaired) electrons. The molecule has 3 aliphatic heterocycles. The molecule has 104 valence electrons. The first-order valence-electron chi connectivity index (χ1n) is 6.47. The summed E-state index contributed by atoms with van der Waals surface area (Å²) in [6, 6.07) is 7.41. The largest absolute Gasteiger partial charge is 0.497 e. The Balaban J connectivity index is 1.67. The maximum atomic E-state index is 12.3. The number of oxime groups is 1. The number of nitrogens with zero attached hydrogens (tertiary/aromatic N) is 1. The molecule has 0 spiro atoms. The third-order valence-corrected chi connectivity index (χ3v) is 3.90. The van der Waals surface area contributed by atoms with E-state index >= 15 is 0 Å². The molecular formula is C14H13NO5. The van der Waals surface area contributed by atoms with E-state index in [-0.39, 0.29) is 18.0 Å². The number of methoxy groups -OCH3 is 1. The van der Waals surface area contributed by atoms with Crippen LogP contribution in [-0.2, 0) is 19.1 Å². The van der Waals surface area contributed by atoms with E-state index < -0.39 is 12.2 Å². The second kappa shape index (κ2) is 4.29. The molecule has 4 atom stereocenters. The van der Waals surface area contributed by atoms with E-state index in [4.69, 9.17) is 19.0 Å². The number of hydrogen-bond acceptors (Lipinski definition) is 6. The van der Waals surface area contributed by atoms with Gasteiger partial charge in [-0.25, -0.2) is 0 Å². The standard InChI is InChI=1S/C14H13NO5/c1-17-8-4-2-7(3-5-8)11-10-12(16)14-18-6-9(19-14)13(10)20-15-11/h2-5,9-10,13-14H,6H2,1H3/t9-,10+,13-,14-/m1/s1. The molecule has 3 aliphatic rings. The van der Waals surface area contributed by atoms with Crippen molar-refractivity contribution in [3.63, 3.8) is 0 Å². The number of Topliss-reactive ketones (excluding diaryl/α,β-unsaturated/α-hetero) is 1. The summed E-state index contributed by atoms with van der Waals surface area (Å²) in [5.41, 5.74) is 1.50. The van der Waals surface area contributed by atoms with Gasteiger partial charge < -0.3 is 19.0 Å². The fraction of sp³-hybridized carbons (Fsp3) is 0.429. The number of hydrogen-bond donors (Lipinski definition) is 0. The molecule has 2 fully saturated rings. The number of fused-ring (bicyclic) bond motifs is 4. The fourth-order valence-corrected chi connectivity index (χ4v) is 2.85. The zero-order valence-corrected chi connectivity index (χ0v) is 10.8. The zero-order chi connectivity index (χ0) is 13.7. The average Bonchev–Trinajstić information content (AvgIpc) is 3.11. The molecule has 1 aromatic carbocycles. The van der Waals surface area contributed by atoms with Crippen molar-refractivity contribution in [2.75, 3.05) is 13.7 Å². The summed E-state index contributed by atoms with van der Waals surface area (Å²) in [6.45, 7) is 0.378. The molecule has 0 saturated carbocycles. The first kappa shape index (κ1) is 11.9. The van der Waals surface area contributed by atoms with Crippen LogP contribution in [0.2, 0.25) is 0 Å². The molecule has 2 bridgehead atoms. The van der Waals surface area contributed by atoms with Crippen molar-refractivity contribution in [3.05, 3.63) is 29.8 Å². The van der Waals surface area contributed by atoms with Crippen molar-refractivity contribution in [2.24, 2.45) is 11.1 Å². The highest BCUT2D eigenvalue weighted by Crippen LogP contribution is 2.37. The maximum absolute atomic E-state index is 12.3. The normalized spacial score (nSPS) is 34.5. The van der Waals surface area contributed by atoms with E-state index in [0.717, 1.165) is 11.3 Å². The highest BCUT2D eigenvalue weighted by atomic mass is 16.7. The van der Waals surface area contributed by atoms with Crippen molar-refractivity contribution in [3.8, 4) is 5.75 Å². The highest BCUT2D eigenvalue weighted by Gasteiger charge is 2.56. The van der Waals surface area contributed by atoms with Crippen LogP contribution in [0.3, 0.4) is 0 Å². The number of ether oxygens (including phenoxy) is 3. The summed E-state index contributed by atoms with van der Waals surface area (Å²) in [7, 11) is 1.61. The Hall–Kier alpha value is -1.92. The number of ketones is 1. The molecule has 20 heavy (non-hydrogen) atoms. The van der Waals surface area contributed by atoms with Crippen molar-refractivity contribution < 1.29 is 23.8 Å². The number of benzene rings is 1. The minimum Gasteiger partial charge on any atom is -0.497 e. The first-order valence-corrected chi connectivity index (χ1v) is 6.47. The quantitative estimate of drug-likeness (QED) is 0.796. The summed E-state index contributed by atoms with van der Waals surface area (Å²) >= 11 is 0. The van der Waals surface area contributed by atoms with Crippen LogP contribution < -0.4 is 4.74 Å². The van der Waals surface area contributed by atoms with Gasteiger partial charge in [-0.1, -0.05) is 5.16 Å². The van der Waals surface area contributed by atoms with Crippen LogP contribution in [0.4, 0.5) is 0 Å². The smallest absolute Gasteiger partial charge is 0.219 e. The van der Waals surface area contributed by atoms with Gasteiger partial charge in [0.15, 0.2) is 6.10 Å². The molecule has 2 saturated heterocycles. The van der Waals surface area contributed by atoms with Gasteiger partial charge in [-0.15, -0.1) is 0 Å². The van der Waals surface area contributed by atoms with Gasteiger partial charge in [0.05, 0.1) is 13.7 Å². The van der Waals surface area contributed by atoms with Crippen molar-refractivity contribution in [2.45, 2.75) is 18.5 Å². The maximum Gasteiger partial charge on any atom is 0.219 e. The van der Waals surface area contributed by atoms with Crippen molar-refractivity contribution in [1.29, 1.82) is 0 Å². The molecule has 1 aromatic rings. The van der Waals surface area contributed by atoms with Gasteiger partial charge >= 0.3 is 0 Å². The average molecular weight is 275 g/mol. The Bertz CT molecular complexity index is 582. The van der Waals surface area contributed by atoms with E-state index in [1.165, 1.54) is 0 Å². The number of rotatable bonds is 2. The second-order valence-electron chi connectivity index (χ2n) is 4.99. The van der Waals surface area contributed by atoms with Gasteiger partial charge in [-0.2, -0.15) is 0 Å². The lowest BCUT2D eigenvalue weighted by atomic mass is 9.85. The molecule has 0 N–H and O–H groups in total. The molecule has 3 heterocycles. The van der Waals surface area contributed by atoms with Crippen LogP contribution in [-0.4, -0.2) is 43.7 Å². The van der Waals surface area contributed by atoms with Crippen molar-refractivity contribution in [1.82, 2.24) is 0 Å². The number of carbonyl (C=O) groups is 1. The lowest BCUT2D eigenvalue weighted by Crippen LogP contribution is -2.48. The Morgan fingerprint density at radius 2 is 2.10 bits per heavy atom. The fourth-order valence-electron chi connectivity index (χ4n) is 2.85. The number of carbonyl (C=O) groups excluding carboxylic acids is 1. The lowest BCUT2D eigenvalue weighted by molar-refractivity contribution is -0.169. The minimum atomic E-state index is -0.772. The van der Waals surface area contributed by atoms with Crippen LogP contribution in [0, 0.1) is 5.92 Å². The van der Waals surface area contributed by atoms with Gasteiger partial charge in [0.1, 0.15) is 23.5 Å². The zero-order valence-electron chi connectivity index (χ0n) is 10.8. The highest BCUT2D eigenvalue weighted by molar-refractivity contribution is 6.15. The third kappa shape index (κ3) is 1.58. The van der Waals surface area contributed by atoms with E-state index in [1.54, 1.807) is 7.11 Å². The third-order valence-electron chi connectivity index (χ3n) is 3.90. The second-order valence-corrected chi connectivity index (χ2v) is 4.99. The van der Waals surface area contributed by atoms with E-state index in [9.17, 15) is 4.79 Å². The Morgan fingerprint density at radius 1 is 1.30 bits per heavy atom. The molecule has 0 aliphatic carbocycles. The summed E-state index contributed by atoms with van der Waals surface area (Å²) in [5, 5.41) is 4.09. The van der Waals surface area contributed by atoms with E-state index in [0.29, 0.717) is 12.3 Å². The summed E-state index contributed by atoms with van der Waals surface area (Å²) in [5.74, 6) is 0.233. The van der Waals surface area contributed by atoms with Crippen LogP contribution in [0.5, 0.6) is 5.75 Å². The van der Waals surface area contributed by atoms with Crippen LogP contribution in [0.1, 0.15) is 5.56 Å². The van der Waals surface area contributed by atoms with E-state index in [1.807, 2.05) is 24.3 Å². The minimum absolute atomic E-state index is 0.115. The Morgan fingerprint density at radius 3 is 2.85 bits per heavy atom. The van der Waals surface area contributed by atoms with E-state index in [2.05, 4.69) is 5.16 Å². The molecule has 0 aromatic heterocycles. The van der Waals surface area contributed by atoms with Gasteiger partial charge in [0, 0.05) is 5.56 Å². The van der Waals surface area contributed by atoms with Crippen LogP contribution in [0.15, 0.2) is 29.4 Å². The predicted octanol–water partition coefficient (Wildman–Crippen LogP) is 0.738. The first-order chi connectivity index (χ1) is 9.78. The molecule has 6 nitrogen and oxygen atoms in total. The Labute approximate surface area is 115 Å². The van der Waals surface area contributed by atoms with Gasteiger partial charge in [-0.05, 0) is 24.3 Å². The molecule has 6 heteroatoms. The molecular weight excluding hydrogens is 262 g/mol. The van der Waals surface area contributed by atoms with Gasteiger partial charge in [0.25, 0.3) is 0 Å². The predicted molar refractivity (Wildman–Crippen MR) is 67.5 cm³/mol. The van der Waals surface area contributed by atoms with Crippen LogP contribution >= 0.6 is 0 Å². The SMILES string of the molecule is COc1ccc(C2=NO[C@H]3[C@@H]2C(=O)[C@@H]2OC[C@H]3O2)cc1. The summed E-state index contributed by atoms with van der Waals surface area (Å²) in [4.78, 5) is 17.7. The summed E-state index contributed by atoms with van der Waals surface area (Å²) in [6.07, 6.45) is -1.37. The van der Waals surface area contributed by atoms with Gasteiger partial charge in [-0.3, -0.25) is 4.79 Å². The molecule has 0 amide bonds. The summed E-state index contributed by atoms with van der Waals surface area (Å²) < 4.78 is 15.9. The Kier molecular flexibility index (Phi) is 2.55. The molecule has 0 unspecified atom stereocenters. The topological polar surface area (TPSA) is 66.4 Å². The van der Waals surface area contributed by atoms with Gasteiger partial charge in [0.2, 0.25) is 12.1 Å². The lowest BCUT2D eigenvalue weighted by Gasteiger charge is -2.27. The van der Waals surface area contributed by atoms with Crippen LogP contribution in [0.25, 0.3) is 0 Å².